The highest BCUT2D eigenvalue weighted by atomic mass is 16.6. The quantitative estimate of drug-likeness (QED) is 0.505. The minimum atomic E-state index is -0.591. The second-order valence-corrected chi connectivity index (χ2v) is 5.55. The van der Waals surface area contributed by atoms with Gasteiger partial charge in [-0.1, -0.05) is 6.07 Å². The molecule has 2 amide bonds. The van der Waals surface area contributed by atoms with Crippen LogP contribution in [-0.2, 0) is 13.6 Å². The summed E-state index contributed by atoms with van der Waals surface area (Å²) in [4.78, 5) is 35.1. The summed E-state index contributed by atoms with van der Waals surface area (Å²) >= 11 is 0. The van der Waals surface area contributed by atoms with E-state index in [2.05, 4.69) is 15.7 Å². The second-order valence-electron chi connectivity index (χ2n) is 5.55. The van der Waals surface area contributed by atoms with Crippen LogP contribution in [0.4, 0.5) is 11.4 Å². The van der Waals surface area contributed by atoms with Crippen LogP contribution in [0.3, 0.4) is 0 Å². The fourth-order valence-electron chi connectivity index (χ4n) is 2.42. The van der Waals surface area contributed by atoms with Gasteiger partial charge < -0.3 is 15.1 Å². The number of furan rings is 1. The van der Waals surface area contributed by atoms with Crippen LogP contribution >= 0.6 is 0 Å². The molecule has 0 saturated heterocycles. The summed E-state index contributed by atoms with van der Waals surface area (Å²) in [6.07, 6.45) is 2.83. The van der Waals surface area contributed by atoms with Crippen LogP contribution < -0.4 is 10.6 Å². The van der Waals surface area contributed by atoms with Crippen molar-refractivity contribution in [1.29, 1.82) is 0 Å². The van der Waals surface area contributed by atoms with Gasteiger partial charge in [-0.25, -0.2) is 0 Å². The van der Waals surface area contributed by atoms with Crippen molar-refractivity contribution in [3.63, 3.8) is 0 Å². The van der Waals surface area contributed by atoms with Crippen molar-refractivity contribution in [2.24, 2.45) is 7.05 Å². The van der Waals surface area contributed by atoms with Crippen molar-refractivity contribution in [2.75, 3.05) is 5.32 Å². The molecule has 0 bridgehead atoms. The van der Waals surface area contributed by atoms with Crippen LogP contribution in [0.25, 0.3) is 0 Å². The Hall–Kier alpha value is -3.95. The molecule has 0 aliphatic heterocycles. The molecule has 10 heteroatoms. The van der Waals surface area contributed by atoms with Crippen molar-refractivity contribution in [2.45, 2.75) is 6.54 Å². The summed E-state index contributed by atoms with van der Waals surface area (Å²) in [5, 5.41) is 20.1. The van der Waals surface area contributed by atoms with E-state index in [4.69, 9.17) is 4.42 Å². The van der Waals surface area contributed by atoms with Crippen molar-refractivity contribution in [1.82, 2.24) is 15.1 Å². The minimum Gasteiger partial charge on any atom is -0.467 e. The number of nitro benzene ring substituents is 1. The highest BCUT2D eigenvalue weighted by Gasteiger charge is 2.20. The molecule has 27 heavy (non-hydrogen) atoms. The van der Waals surface area contributed by atoms with Crippen molar-refractivity contribution < 1.29 is 18.9 Å². The molecule has 0 aliphatic carbocycles. The van der Waals surface area contributed by atoms with Crippen LogP contribution in [0.15, 0.2) is 53.3 Å². The number of aromatic nitrogens is 2. The van der Waals surface area contributed by atoms with Gasteiger partial charge in [0.25, 0.3) is 17.5 Å². The maximum Gasteiger partial charge on any atom is 0.272 e. The number of carbonyl (C=O) groups excluding carboxylic acids is 2. The van der Waals surface area contributed by atoms with Gasteiger partial charge in [0.2, 0.25) is 0 Å². The average molecular weight is 369 g/mol. The predicted molar refractivity (Wildman–Crippen MR) is 94.1 cm³/mol. The number of hydrogen-bond donors (Lipinski definition) is 2. The molecule has 0 saturated carbocycles. The maximum absolute atomic E-state index is 12.4. The Morgan fingerprint density at radius 3 is 2.78 bits per heavy atom. The van der Waals surface area contributed by atoms with E-state index in [1.807, 2.05) is 0 Å². The zero-order valence-electron chi connectivity index (χ0n) is 14.2. The summed E-state index contributed by atoms with van der Waals surface area (Å²) in [5.41, 5.74) is 0.214. The molecule has 2 heterocycles. The fraction of sp³-hybridized carbons (Fsp3) is 0.118. The molecule has 10 nitrogen and oxygen atoms in total. The predicted octanol–water partition coefficient (Wildman–Crippen LogP) is 2.10. The number of rotatable bonds is 6. The lowest BCUT2D eigenvalue weighted by Gasteiger charge is -2.08. The third kappa shape index (κ3) is 4.00. The summed E-state index contributed by atoms with van der Waals surface area (Å²) in [6, 6.07) is 8.71. The van der Waals surface area contributed by atoms with E-state index in [1.54, 1.807) is 19.2 Å². The molecule has 2 aromatic heterocycles. The fourth-order valence-corrected chi connectivity index (χ4v) is 2.42. The van der Waals surface area contributed by atoms with Crippen molar-refractivity contribution >= 4 is 23.2 Å². The van der Waals surface area contributed by atoms with Crippen molar-refractivity contribution in [3.05, 3.63) is 76.0 Å². The molecule has 0 spiro atoms. The summed E-state index contributed by atoms with van der Waals surface area (Å²) in [5.74, 6) is -0.472. The first-order chi connectivity index (χ1) is 13.0. The molecule has 0 unspecified atom stereocenters. The zero-order valence-corrected chi connectivity index (χ0v) is 14.2. The first-order valence-electron chi connectivity index (χ1n) is 7.84. The van der Waals surface area contributed by atoms with Gasteiger partial charge in [-0.15, -0.1) is 0 Å². The maximum atomic E-state index is 12.4. The van der Waals surface area contributed by atoms with E-state index in [0.717, 1.165) is 6.07 Å². The summed E-state index contributed by atoms with van der Waals surface area (Å²) < 4.78 is 6.47. The van der Waals surface area contributed by atoms with E-state index in [9.17, 15) is 19.7 Å². The monoisotopic (exact) mass is 369 g/mol. The number of carbonyl (C=O) groups is 2. The zero-order chi connectivity index (χ0) is 19.4. The first kappa shape index (κ1) is 17.9. The van der Waals surface area contributed by atoms with Crippen LogP contribution in [-0.4, -0.2) is 26.5 Å². The molecule has 0 atom stereocenters. The van der Waals surface area contributed by atoms with Gasteiger partial charge in [0.15, 0.2) is 0 Å². The smallest absolute Gasteiger partial charge is 0.272 e. The first-order valence-corrected chi connectivity index (χ1v) is 7.84. The number of anilines is 1. The number of benzene rings is 1. The van der Waals surface area contributed by atoms with Gasteiger partial charge in [-0.2, -0.15) is 5.10 Å². The standard InChI is InChI=1S/C17H15N5O5/c1-21-15(17(24)18-9-13-6-3-7-27-13)14(10-19-21)20-16(23)11-4-2-5-12(8-11)22(25)26/h2-8,10H,9H2,1H3,(H,18,24)(H,20,23). The number of nitro groups is 1. The SMILES string of the molecule is Cn1ncc(NC(=O)c2cccc([N+](=O)[O-])c2)c1C(=O)NCc1ccco1. The third-order valence-electron chi connectivity index (χ3n) is 3.72. The van der Waals surface area contributed by atoms with Gasteiger partial charge in [0.1, 0.15) is 11.5 Å². The number of non-ortho nitro benzene ring substituents is 1. The molecular formula is C17H15N5O5. The van der Waals surface area contributed by atoms with Crippen LogP contribution in [0.2, 0.25) is 0 Å². The average Bonchev–Trinajstić information content (AvgIpc) is 3.30. The van der Waals surface area contributed by atoms with Gasteiger partial charge in [0.05, 0.1) is 29.6 Å². The Morgan fingerprint density at radius 1 is 1.26 bits per heavy atom. The van der Waals surface area contributed by atoms with Crippen LogP contribution in [0.5, 0.6) is 0 Å². The Morgan fingerprint density at radius 2 is 2.07 bits per heavy atom. The molecule has 2 N–H and O–H groups in total. The molecular weight excluding hydrogens is 354 g/mol. The van der Waals surface area contributed by atoms with E-state index < -0.39 is 16.7 Å². The molecule has 1 aromatic carbocycles. The van der Waals surface area contributed by atoms with Crippen LogP contribution in [0.1, 0.15) is 26.6 Å². The Labute approximate surface area is 152 Å². The minimum absolute atomic E-state index is 0.0926. The van der Waals surface area contributed by atoms with E-state index >= 15 is 0 Å². The molecule has 0 aliphatic rings. The topological polar surface area (TPSA) is 132 Å². The Balaban J connectivity index is 1.76. The molecule has 3 rings (SSSR count). The molecule has 3 aromatic rings. The van der Waals surface area contributed by atoms with E-state index in [-0.39, 0.29) is 29.2 Å². The summed E-state index contributed by atoms with van der Waals surface area (Å²) in [6.45, 7) is 0.176. The molecule has 0 radical (unpaired) electrons. The lowest BCUT2D eigenvalue weighted by atomic mass is 10.2. The molecule has 138 valence electrons. The van der Waals surface area contributed by atoms with Gasteiger partial charge in [-0.05, 0) is 18.2 Å². The lowest BCUT2D eigenvalue weighted by molar-refractivity contribution is -0.384. The Kier molecular flexibility index (Phi) is 4.97. The van der Waals surface area contributed by atoms with Gasteiger partial charge in [-0.3, -0.25) is 24.4 Å². The van der Waals surface area contributed by atoms with E-state index in [0.29, 0.717) is 5.76 Å². The largest absolute Gasteiger partial charge is 0.467 e. The third-order valence-corrected chi connectivity index (χ3v) is 3.72. The Bertz CT molecular complexity index is 993. The lowest BCUT2D eigenvalue weighted by Crippen LogP contribution is -2.26. The van der Waals surface area contributed by atoms with Gasteiger partial charge in [0, 0.05) is 24.7 Å². The second kappa shape index (κ2) is 7.52. The summed E-state index contributed by atoms with van der Waals surface area (Å²) in [7, 11) is 1.56. The van der Waals surface area contributed by atoms with Crippen molar-refractivity contribution in [3.8, 4) is 0 Å². The number of aryl methyl sites for hydroxylation is 1. The number of amides is 2. The normalized spacial score (nSPS) is 10.4. The highest BCUT2D eigenvalue weighted by Crippen LogP contribution is 2.18. The highest BCUT2D eigenvalue weighted by molar-refractivity contribution is 6.08. The number of hydrogen-bond acceptors (Lipinski definition) is 6. The molecule has 0 fully saturated rings. The van der Waals surface area contributed by atoms with Gasteiger partial charge >= 0.3 is 0 Å². The number of nitrogens with one attached hydrogen (secondary N) is 2. The van der Waals surface area contributed by atoms with Crippen LogP contribution in [0, 0.1) is 10.1 Å². The van der Waals surface area contributed by atoms with E-state index in [1.165, 1.54) is 35.3 Å². The number of nitrogens with zero attached hydrogens (tertiary/aromatic N) is 3.